The van der Waals surface area contributed by atoms with Crippen LogP contribution in [0.25, 0.3) is 5.57 Å². The molecule has 0 atom stereocenters. The van der Waals surface area contributed by atoms with Gasteiger partial charge in [0.05, 0.1) is 0 Å². The Kier molecular flexibility index (Phi) is 3.09. The van der Waals surface area contributed by atoms with E-state index in [1.807, 2.05) is 19.1 Å². The Bertz CT molecular complexity index is 413. The summed E-state index contributed by atoms with van der Waals surface area (Å²) in [7, 11) is 0. The van der Waals surface area contributed by atoms with E-state index >= 15 is 0 Å². The molecule has 1 aromatic carbocycles. The average molecular weight is 215 g/mol. The Hall–Kier alpha value is -1.57. The van der Waals surface area contributed by atoms with Gasteiger partial charge in [0.1, 0.15) is 0 Å². The van der Waals surface area contributed by atoms with Gasteiger partial charge >= 0.3 is 0 Å². The Morgan fingerprint density at radius 2 is 1.94 bits per heavy atom. The number of rotatable bonds is 3. The van der Waals surface area contributed by atoms with Gasteiger partial charge in [-0.25, -0.2) is 0 Å². The molecule has 0 heterocycles. The zero-order valence-corrected chi connectivity index (χ0v) is 9.79. The molecule has 0 aromatic heterocycles. The second kappa shape index (κ2) is 4.52. The number of nitrogens with one attached hydrogen (secondary N) is 1. The smallest absolute Gasteiger partial charge is 0.244 e. The Morgan fingerprint density at radius 1 is 1.31 bits per heavy atom. The SMILES string of the molecule is C/C(=C\C(=O)NC1CC1)c1ccc(C)cc1. The molecule has 0 bridgehead atoms. The van der Waals surface area contributed by atoms with Gasteiger partial charge in [0.15, 0.2) is 0 Å². The number of carbonyl (C=O) groups excluding carboxylic acids is 1. The molecule has 84 valence electrons. The van der Waals surface area contributed by atoms with Gasteiger partial charge < -0.3 is 5.32 Å². The molecule has 1 aromatic rings. The molecule has 1 saturated carbocycles. The molecular formula is C14H17NO. The minimum Gasteiger partial charge on any atom is -0.350 e. The van der Waals surface area contributed by atoms with Gasteiger partial charge in [-0.05, 0) is 37.8 Å². The van der Waals surface area contributed by atoms with Crippen molar-refractivity contribution in [3.63, 3.8) is 0 Å². The number of hydrogen-bond donors (Lipinski definition) is 1. The molecule has 2 heteroatoms. The lowest BCUT2D eigenvalue weighted by Crippen LogP contribution is -2.23. The molecular weight excluding hydrogens is 198 g/mol. The van der Waals surface area contributed by atoms with Crippen LogP contribution in [0.5, 0.6) is 0 Å². The predicted octanol–water partition coefficient (Wildman–Crippen LogP) is 2.68. The summed E-state index contributed by atoms with van der Waals surface area (Å²) in [6.45, 7) is 4.03. The fourth-order valence-electron chi connectivity index (χ4n) is 1.57. The number of allylic oxidation sites excluding steroid dienone is 1. The zero-order chi connectivity index (χ0) is 11.5. The van der Waals surface area contributed by atoms with E-state index in [-0.39, 0.29) is 5.91 Å². The van der Waals surface area contributed by atoms with Crippen molar-refractivity contribution in [3.8, 4) is 0 Å². The van der Waals surface area contributed by atoms with Crippen LogP contribution < -0.4 is 5.32 Å². The van der Waals surface area contributed by atoms with Crippen LogP contribution in [0, 0.1) is 6.92 Å². The van der Waals surface area contributed by atoms with Crippen molar-refractivity contribution in [1.82, 2.24) is 5.32 Å². The molecule has 0 spiro atoms. The molecule has 1 amide bonds. The third-order valence-corrected chi connectivity index (χ3v) is 2.78. The third-order valence-electron chi connectivity index (χ3n) is 2.78. The monoisotopic (exact) mass is 215 g/mol. The van der Waals surface area contributed by atoms with Crippen LogP contribution in [-0.2, 0) is 4.79 Å². The molecule has 0 aliphatic heterocycles. The number of carbonyl (C=O) groups is 1. The number of aryl methyl sites for hydroxylation is 1. The summed E-state index contributed by atoms with van der Waals surface area (Å²) in [6, 6.07) is 8.64. The highest BCUT2D eigenvalue weighted by Gasteiger charge is 2.22. The van der Waals surface area contributed by atoms with Gasteiger partial charge in [0, 0.05) is 12.1 Å². The first-order valence-corrected chi connectivity index (χ1v) is 5.71. The van der Waals surface area contributed by atoms with Gasteiger partial charge in [-0.3, -0.25) is 4.79 Å². The van der Waals surface area contributed by atoms with Gasteiger partial charge in [0.25, 0.3) is 0 Å². The average Bonchev–Trinajstić information content (AvgIpc) is 3.02. The maximum Gasteiger partial charge on any atom is 0.244 e. The van der Waals surface area contributed by atoms with Gasteiger partial charge in [0.2, 0.25) is 5.91 Å². The topological polar surface area (TPSA) is 29.1 Å². The van der Waals surface area contributed by atoms with E-state index in [0.717, 1.165) is 24.0 Å². The van der Waals surface area contributed by atoms with Crippen LogP contribution >= 0.6 is 0 Å². The van der Waals surface area contributed by atoms with Crippen LogP contribution in [0.15, 0.2) is 30.3 Å². The molecule has 16 heavy (non-hydrogen) atoms. The Labute approximate surface area is 96.4 Å². The second-order valence-electron chi connectivity index (χ2n) is 4.48. The molecule has 1 N–H and O–H groups in total. The quantitative estimate of drug-likeness (QED) is 0.772. The molecule has 0 saturated heterocycles. The van der Waals surface area contributed by atoms with Crippen LogP contribution in [0.1, 0.15) is 30.9 Å². The van der Waals surface area contributed by atoms with E-state index < -0.39 is 0 Å². The van der Waals surface area contributed by atoms with E-state index in [1.54, 1.807) is 6.08 Å². The van der Waals surface area contributed by atoms with E-state index in [1.165, 1.54) is 5.56 Å². The van der Waals surface area contributed by atoms with Crippen molar-refractivity contribution in [3.05, 3.63) is 41.5 Å². The van der Waals surface area contributed by atoms with E-state index in [0.29, 0.717) is 6.04 Å². The second-order valence-corrected chi connectivity index (χ2v) is 4.48. The summed E-state index contributed by atoms with van der Waals surface area (Å²) in [4.78, 5) is 11.6. The third kappa shape index (κ3) is 2.96. The van der Waals surface area contributed by atoms with Crippen LogP contribution in [0.3, 0.4) is 0 Å². The largest absolute Gasteiger partial charge is 0.350 e. The molecule has 0 radical (unpaired) electrons. The minimum absolute atomic E-state index is 0.0283. The normalized spacial score (nSPS) is 16.0. The fraction of sp³-hybridized carbons (Fsp3) is 0.357. The number of benzene rings is 1. The summed E-state index contributed by atoms with van der Waals surface area (Å²) in [5.74, 6) is 0.0283. The molecule has 1 aliphatic rings. The maximum absolute atomic E-state index is 11.6. The summed E-state index contributed by atoms with van der Waals surface area (Å²) in [5, 5.41) is 2.95. The predicted molar refractivity (Wildman–Crippen MR) is 66.0 cm³/mol. The maximum atomic E-state index is 11.6. The first-order valence-electron chi connectivity index (χ1n) is 5.71. The van der Waals surface area contributed by atoms with E-state index in [9.17, 15) is 4.79 Å². The highest BCUT2D eigenvalue weighted by Crippen LogP contribution is 2.19. The highest BCUT2D eigenvalue weighted by atomic mass is 16.1. The van der Waals surface area contributed by atoms with Crippen molar-refractivity contribution in [1.29, 1.82) is 0 Å². The van der Waals surface area contributed by atoms with Crippen molar-refractivity contribution in [2.24, 2.45) is 0 Å². The summed E-state index contributed by atoms with van der Waals surface area (Å²) in [5.41, 5.74) is 3.36. The number of amides is 1. The number of hydrogen-bond acceptors (Lipinski definition) is 1. The first-order chi connectivity index (χ1) is 7.65. The Balaban J connectivity index is 2.04. The van der Waals surface area contributed by atoms with Crippen LogP contribution in [-0.4, -0.2) is 11.9 Å². The van der Waals surface area contributed by atoms with Gasteiger partial charge in [-0.15, -0.1) is 0 Å². The van der Waals surface area contributed by atoms with E-state index in [2.05, 4.69) is 24.4 Å². The van der Waals surface area contributed by atoms with E-state index in [4.69, 9.17) is 0 Å². The van der Waals surface area contributed by atoms with Crippen LogP contribution in [0.2, 0.25) is 0 Å². The summed E-state index contributed by atoms with van der Waals surface area (Å²) in [6.07, 6.45) is 3.94. The van der Waals surface area contributed by atoms with Gasteiger partial charge in [-0.2, -0.15) is 0 Å². The Morgan fingerprint density at radius 3 is 2.50 bits per heavy atom. The van der Waals surface area contributed by atoms with Crippen molar-refractivity contribution >= 4 is 11.5 Å². The highest BCUT2D eigenvalue weighted by molar-refractivity contribution is 5.95. The molecule has 1 fully saturated rings. The summed E-state index contributed by atoms with van der Waals surface area (Å²) < 4.78 is 0. The fourth-order valence-corrected chi connectivity index (χ4v) is 1.57. The molecule has 2 rings (SSSR count). The lowest BCUT2D eigenvalue weighted by Gasteiger charge is -2.03. The zero-order valence-electron chi connectivity index (χ0n) is 9.79. The lowest BCUT2D eigenvalue weighted by atomic mass is 10.1. The molecule has 1 aliphatic carbocycles. The lowest BCUT2D eigenvalue weighted by molar-refractivity contribution is -0.116. The first kappa shape index (κ1) is 10.9. The summed E-state index contributed by atoms with van der Waals surface area (Å²) >= 11 is 0. The van der Waals surface area contributed by atoms with Crippen LogP contribution in [0.4, 0.5) is 0 Å². The minimum atomic E-state index is 0.0283. The van der Waals surface area contributed by atoms with Crippen molar-refractivity contribution in [2.45, 2.75) is 32.7 Å². The molecule has 2 nitrogen and oxygen atoms in total. The standard InChI is InChI=1S/C14H17NO/c1-10-3-5-12(6-4-10)11(2)9-14(16)15-13-7-8-13/h3-6,9,13H,7-8H2,1-2H3,(H,15,16)/b11-9+. The van der Waals surface area contributed by atoms with Gasteiger partial charge in [-0.1, -0.05) is 29.8 Å². The molecule has 0 unspecified atom stereocenters. The van der Waals surface area contributed by atoms with Crippen molar-refractivity contribution in [2.75, 3.05) is 0 Å². The van der Waals surface area contributed by atoms with Crippen molar-refractivity contribution < 1.29 is 4.79 Å².